The molecule has 0 radical (unpaired) electrons. The van der Waals surface area contributed by atoms with Crippen LogP contribution in [0.2, 0.25) is 0 Å². The fourth-order valence-corrected chi connectivity index (χ4v) is 0.338. The van der Waals surface area contributed by atoms with Gasteiger partial charge >= 0.3 is 5.95 Å². The smallest absolute Gasteiger partial charge is 0.306 e. The van der Waals surface area contributed by atoms with Crippen molar-refractivity contribution in [2.24, 2.45) is 5.16 Å². The standard InChI is InChI=1S/C5H5NO2/c7-5-3-1-2-4-6-8-5/h1-4,7H. The molecule has 0 saturated carbocycles. The number of hydrogen-bond acceptors (Lipinski definition) is 3. The third kappa shape index (κ3) is 1.11. The first-order chi connectivity index (χ1) is 3.89. The number of hydrogen-bond donors (Lipinski definition) is 1. The fourth-order valence-electron chi connectivity index (χ4n) is 0.338. The van der Waals surface area contributed by atoms with Crippen molar-refractivity contribution in [1.82, 2.24) is 0 Å². The van der Waals surface area contributed by atoms with Gasteiger partial charge in [0.25, 0.3) is 0 Å². The summed E-state index contributed by atoms with van der Waals surface area (Å²) < 4.78 is 0. The molecule has 1 rings (SSSR count). The van der Waals surface area contributed by atoms with Crippen molar-refractivity contribution in [3.8, 4) is 0 Å². The molecule has 0 saturated heterocycles. The van der Waals surface area contributed by atoms with Gasteiger partial charge in [-0.3, -0.25) is 0 Å². The minimum absolute atomic E-state index is 0.185. The number of allylic oxidation sites excluding steroid dienone is 3. The van der Waals surface area contributed by atoms with Crippen LogP contribution in [-0.2, 0) is 4.84 Å². The maximum Gasteiger partial charge on any atom is 0.306 e. The highest BCUT2D eigenvalue weighted by atomic mass is 16.7. The van der Waals surface area contributed by atoms with Gasteiger partial charge in [0.1, 0.15) is 0 Å². The lowest BCUT2D eigenvalue weighted by Crippen LogP contribution is -1.78. The number of oxime groups is 1. The Bertz CT molecular complexity index is 158. The van der Waals surface area contributed by atoms with E-state index in [1.165, 1.54) is 12.3 Å². The first kappa shape index (κ1) is 4.90. The quantitative estimate of drug-likeness (QED) is 0.505. The molecule has 3 heteroatoms. The lowest BCUT2D eigenvalue weighted by atomic mass is 10.5. The molecule has 0 fully saturated rings. The second kappa shape index (κ2) is 2.16. The molecule has 1 aliphatic heterocycles. The largest absolute Gasteiger partial charge is 0.479 e. The van der Waals surface area contributed by atoms with E-state index in [-0.39, 0.29) is 5.95 Å². The average molecular weight is 111 g/mol. The van der Waals surface area contributed by atoms with Crippen LogP contribution >= 0.6 is 0 Å². The van der Waals surface area contributed by atoms with E-state index in [2.05, 4.69) is 9.99 Å². The summed E-state index contributed by atoms with van der Waals surface area (Å²) in [5.74, 6) is -0.185. The molecular weight excluding hydrogens is 106 g/mol. The molecule has 1 N–H and O–H groups in total. The summed E-state index contributed by atoms with van der Waals surface area (Å²) in [7, 11) is 0. The van der Waals surface area contributed by atoms with Crippen LogP contribution in [-0.4, -0.2) is 11.3 Å². The molecule has 1 heterocycles. The van der Waals surface area contributed by atoms with E-state index in [4.69, 9.17) is 5.11 Å². The molecule has 0 amide bonds. The fraction of sp³-hybridized carbons (Fsp3) is 0. The molecule has 0 aliphatic carbocycles. The van der Waals surface area contributed by atoms with Crippen molar-refractivity contribution < 1.29 is 9.94 Å². The highest BCUT2D eigenvalue weighted by Gasteiger charge is 1.87. The van der Waals surface area contributed by atoms with Crippen LogP contribution < -0.4 is 0 Å². The summed E-state index contributed by atoms with van der Waals surface area (Å²) in [6, 6.07) is 0. The molecule has 0 unspecified atom stereocenters. The Kier molecular flexibility index (Phi) is 1.32. The summed E-state index contributed by atoms with van der Waals surface area (Å²) in [5, 5.41) is 11.9. The molecule has 8 heavy (non-hydrogen) atoms. The SMILES string of the molecule is OC1=CC=CC=NO1. The van der Waals surface area contributed by atoms with Crippen molar-refractivity contribution in [2.45, 2.75) is 0 Å². The zero-order valence-electron chi connectivity index (χ0n) is 4.11. The molecular formula is C5H5NO2. The monoisotopic (exact) mass is 111 g/mol. The maximum absolute atomic E-state index is 8.56. The van der Waals surface area contributed by atoms with E-state index >= 15 is 0 Å². The van der Waals surface area contributed by atoms with Gasteiger partial charge in [-0.05, 0) is 6.08 Å². The summed E-state index contributed by atoms with van der Waals surface area (Å²) in [6.07, 6.45) is 6.14. The normalized spacial score (nSPS) is 16.8. The molecule has 1 aliphatic rings. The van der Waals surface area contributed by atoms with Gasteiger partial charge in [0.05, 0.1) is 6.21 Å². The summed E-state index contributed by atoms with van der Waals surface area (Å²) in [6.45, 7) is 0. The van der Waals surface area contributed by atoms with Gasteiger partial charge in [-0.2, -0.15) is 0 Å². The van der Waals surface area contributed by atoms with Crippen molar-refractivity contribution in [3.05, 3.63) is 24.2 Å². The molecule has 3 nitrogen and oxygen atoms in total. The first-order valence-electron chi connectivity index (χ1n) is 2.16. The molecule has 0 spiro atoms. The maximum atomic E-state index is 8.56. The molecule has 0 aromatic heterocycles. The van der Waals surface area contributed by atoms with Crippen LogP contribution in [0.5, 0.6) is 0 Å². The highest BCUT2D eigenvalue weighted by molar-refractivity contribution is 5.71. The Hall–Kier alpha value is -1.25. The molecule has 42 valence electrons. The van der Waals surface area contributed by atoms with Gasteiger partial charge in [0, 0.05) is 6.08 Å². The number of aliphatic hydroxyl groups is 1. The molecule has 0 atom stereocenters. The lowest BCUT2D eigenvalue weighted by Gasteiger charge is -1.88. The summed E-state index contributed by atoms with van der Waals surface area (Å²) in [4.78, 5) is 4.33. The number of nitrogens with zero attached hydrogens (tertiary/aromatic N) is 1. The second-order valence-corrected chi connectivity index (χ2v) is 1.24. The highest BCUT2D eigenvalue weighted by Crippen LogP contribution is 1.94. The van der Waals surface area contributed by atoms with Gasteiger partial charge in [-0.15, -0.1) is 0 Å². The van der Waals surface area contributed by atoms with Crippen LogP contribution in [0.3, 0.4) is 0 Å². The van der Waals surface area contributed by atoms with Gasteiger partial charge in [0.2, 0.25) is 0 Å². The minimum atomic E-state index is -0.185. The third-order valence-electron chi connectivity index (χ3n) is 0.643. The number of aliphatic hydroxyl groups excluding tert-OH is 1. The van der Waals surface area contributed by atoms with Crippen LogP contribution in [0.15, 0.2) is 29.3 Å². The Balaban J connectivity index is 2.69. The Morgan fingerprint density at radius 2 is 2.38 bits per heavy atom. The van der Waals surface area contributed by atoms with E-state index < -0.39 is 0 Å². The summed E-state index contributed by atoms with van der Waals surface area (Å²) >= 11 is 0. The third-order valence-corrected chi connectivity index (χ3v) is 0.643. The Morgan fingerprint density at radius 1 is 1.50 bits per heavy atom. The predicted octanol–water partition coefficient (Wildman–Crippen LogP) is 0.958. The van der Waals surface area contributed by atoms with Crippen LogP contribution in [0.4, 0.5) is 0 Å². The van der Waals surface area contributed by atoms with E-state index in [9.17, 15) is 0 Å². The van der Waals surface area contributed by atoms with Gasteiger partial charge in [-0.1, -0.05) is 11.2 Å². The van der Waals surface area contributed by atoms with Crippen molar-refractivity contribution in [1.29, 1.82) is 0 Å². The predicted molar refractivity (Wildman–Crippen MR) is 29.4 cm³/mol. The van der Waals surface area contributed by atoms with E-state index in [1.807, 2.05) is 0 Å². The summed E-state index contributed by atoms with van der Waals surface area (Å²) in [5.41, 5.74) is 0. The van der Waals surface area contributed by atoms with Gasteiger partial charge in [0.15, 0.2) is 0 Å². The van der Waals surface area contributed by atoms with Crippen molar-refractivity contribution >= 4 is 6.21 Å². The zero-order valence-corrected chi connectivity index (χ0v) is 4.11. The number of rotatable bonds is 0. The topological polar surface area (TPSA) is 41.8 Å². The van der Waals surface area contributed by atoms with Crippen LogP contribution in [0, 0.1) is 0 Å². The minimum Gasteiger partial charge on any atom is -0.479 e. The van der Waals surface area contributed by atoms with Crippen molar-refractivity contribution in [3.63, 3.8) is 0 Å². The molecule has 0 aromatic rings. The van der Waals surface area contributed by atoms with E-state index in [0.717, 1.165) is 0 Å². The van der Waals surface area contributed by atoms with E-state index in [0.29, 0.717) is 0 Å². The second-order valence-electron chi connectivity index (χ2n) is 1.24. The lowest BCUT2D eigenvalue weighted by molar-refractivity contribution is 0.101. The van der Waals surface area contributed by atoms with Crippen LogP contribution in [0.1, 0.15) is 0 Å². The zero-order chi connectivity index (χ0) is 5.82. The Morgan fingerprint density at radius 3 is 3.25 bits per heavy atom. The van der Waals surface area contributed by atoms with Crippen LogP contribution in [0.25, 0.3) is 0 Å². The van der Waals surface area contributed by atoms with Gasteiger partial charge < -0.3 is 9.94 Å². The van der Waals surface area contributed by atoms with Gasteiger partial charge in [-0.25, -0.2) is 0 Å². The Labute approximate surface area is 46.6 Å². The first-order valence-corrected chi connectivity index (χ1v) is 2.16. The molecule has 0 bridgehead atoms. The van der Waals surface area contributed by atoms with E-state index in [1.54, 1.807) is 12.2 Å². The molecule has 0 aromatic carbocycles. The average Bonchev–Trinajstić information content (AvgIpc) is 1.94. The van der Waals surface area contributed by atoms with Crippen molar-refractivity contribution in [2.75, 3.05) is 0 Å².